The molecule has 1 atom stereocenters. The average Bonchev–Trinajstić information content (AvgIpc) is 2.69. The highest BCUT2D eigenvalue weighted by molar-refractivity contribution is 6.37. The summed E-state index contributed by atoms with van der Waals surface area (Å²) >= 11 is 12.0. The summed E-state index contributed by atoms with van der Waals surface area (Å²) in [6.45, 7) is 0.419. The SMILES string of the molecule is COc1c(Cl)cc(NC(=O)C2CC(=O)N(C)C2)cc1Cl. The molecule has 1 aromatic rings. The molecule has 1 fully saturated rings. The highest BCUT2D eigenvalue weighted by atomic mass is 35.5. The Bertz CT molecular complexity index is 540. The van der Waals surface area contributed by atoms with Crippen molar-refractivity contribution in [3.63, 3.8) is 0 Å². The highest BCUT2D eigenvalue weighted by Gasteiger charge is 2.32. The van der Waals surface area contributed by atoms with E-state index in [1.807, 2.05) is 0 Å². The number of carbonyl (C=O) groups excluding carboxylic acids is 2. The van der Waals surface area contributed by atoms with E-state index in [1.165, 1.54) is 12.0 Å². The Morgan fingerprint density at radius 1 is 1.40 bits per heavy atom. The summed E-state index contributed by atoms with van der Waals surface area (Å²) in [7, 11) is 3.14. The summed E-state index contributed by atoms with van der Waals surface area (Å²) in [5, 5.41) is 3.35. The van der Waals surface area contributed by atoms with Crippen molar-refractivity contribution in [3.8, 4) is 5.75 Å². The number of anilines is 1. The number of rotatable bonds is 3. The van der Waals surface area contributed by atoms with E-state index in [1.54, 1.807) is 19.2 Å². The van der Waals surface area contributed by atoms with E-state index in [0.29, 0.717) is 28.0 Å². The summed E-state index contributed by atoms with van der Waals surface area (Å²) in [5.41, 5.74) is 0.479. The molecule has 1 saturated heterocycles. The molecule has 2 rings (SSSR count). The van der Waals surface area contributed by atoms with Gasteiger partial charge in [0.15, 0.2) is 5.75 Å². The van der Waals surface area contributed by atoms with Crippen molar-refractivity contribution in [2.24, 2.45) is 5.92 Å². The first-order valence-electron chi connectivity index (χ1n) is 6.00. The largest absolute Gasteiger partial charge is 0.494 e. The van der Waals surface area contributed by atoms with Crippen molar-refractivity contribution >= 4 is 40.7 Å². The lowest BCUT2D eigenvalue weighted by Gasteiger charge is -2.13. The lowest BCUT2D eigenvalue weighted by atomic mass is 10.1. The van der Waals surface area contributed by atoms with Crippen molar-refractivity contribution in [1.82, 2.24) is 4.90 Å². The van der Waals surface area contributed by atoms with Crippen LogP contribution in [0.4, 0.5) is 5.69 Å². The van der Waals surface area contributed by atoms with Gasteiger partial charge in [-0.3, -0.25) is 9.59 Å². The predicted molar refractivity (Wildman–Crippen MR) is 77.4 cm³/mol. The van der Waals surface area contributed by atoms with E-state index in [2.05, 4.69) is 5.32 Å². The second-order valence-electron chi connectivity index (χ2n) is 4.64. The van der Waals surface area contributed by atoms with E-state index in [4.69, 9.17) is 27.9 Å². The van der Waals surface area contributed by atoms with Gasteiger partial charge in [-0.1, -0.05) is 23.2 Å². The molecule has 0 radical (unpaired) electrons. The van der Waals surface area contributed by atoms with Gasteiger partial charge in [0.1, 0.15) is 0 Å². The number of likely N-dealkylation sites (tertiary alicyclic amines) is 1. The molecule has 108 valence electrons. The van der Waals surface area contributed by atoms with Crippen LogP contribution in [0.2, 0.25) is 10.0 Å². The van der Waals surface area contributed by atoms with Gasteiger partial charge in [0.25, 0.3) is 0 Å². The quantitative estimate of drug-likeness (QED) is 0.931. The van der Waals surface area contributed by atoms with E-state index >= 15 is 0 Å². The van der Waals surface area contributed by atoms with Crippen molar-refractivity contribution in [2.75, 3.05) is 26.0 Å². The van der Waals surface area contributed by atoms with Gasteiger partial charge < -0.3 is 15.0 Å². The van der Waals surface area contributed by atoms with Crippen LogP contribution in [0.25, 0.3) is 0 Å². The van der Waals surface area contributed by atoms with Crippen molar-refractivity contribution in [1.29, 1.82) is 0 Å². The first kappa shape index (κ1) is 14.9. The first-order chi connectivity index (χ1) is 9.42. The van der Waals surface area contributed by atoms with Crippen molar-refractivity contribution in [2.45, 2.75) is 6.42 Å². The smallest absolute Gasteiger partial charge is 0.229 e. The fourth-order valence-corrected chi connectivity index (χ4v) is 2.75. The Labute approximate surface area is 126 Å². The van der Waals surface area contributed by atoms with Crippen LogP contribution >= 0.6 is 23.2 Å². The molecule has 0 spiro atoms. The molecule has 1 N–H and O–H groups in total. The van der Waals surface area contributed by atoms with Crippen LogP contribution in [0.15, 0.2) is 12.1 Å². The van der Waals surface area contributed by atoms with Gasteiger partial charge in [0.2, 0.25) is 11.8 Å². The van der Waals surface area contributed by atoms with Crippen LogP contribution in [0.3, 0.4) is 0 Å². The zero-order chi connectivity index (χ0) is 14.9. The molecule has 2 amide bonds. The number of hydrogen-bond donors (Lipinski definition) is 1. The first-order valence-corrected chi connectivity index (χ1v) is 6.75. The number of hydrogen-bond acceptors (Lipinski definition) is 3. The van der Waals surface area contributed by atoms with Gasteiger partial charge in [-0.05, 0) is 12.1 Å². The van der Waals surface area contributed by atoms with Crippen LogP contribution in [0.5, 0.6) is 5.75 Å². The van der Waals surface area contributed by atoms with Gasteiger partial charge in [0.05, 0.1) is 23.1 Å². The minimum absolute atomic E-state index is 0.0315. The van der Waals surface area contributed by atoms with Gasteiger partial charge in [-0.2, -0.15) is 0 Å². The molecule has 7 heteroatoms. The van der Waals surface area contributed by atoms with Crippen LogP contribution < -0.4 is 10.1 Å². The molecule has 1 aromatic carbocycles. The molecule has 20 heavy (non-hydrogen) atoms. The van der Waals surface area contributed by atoms with Gasteiger partial charge in [-0.25, -0.2) is 0 Å². The molecule has 5 nitrogen and oxygen atoms in total. The molecule has 1 aliphatic heterocycles. The summed E-state index contributed by atoms with van der Waals surface area (Å²) < 4.78 is 5.04. The van der Waals surface area contributed by atoms with E-state index in [-0.39, 0.29) is 24.2 Å². The third-order valence-corrected chi connectivity index (χ3v) is 3.74. The lowest BCUT2D eigenvalue weighted by Crippen LogP contribution is -2.25. The fourth-order valence-electron chi connectivity index (χ4n) is 2.11. The summed E-state index contributed by atoms with van der Waals surface area (Å²) in [4.78, 5) is 25.0. The van der Waals surface area contributed by atoms with Crippen LogP contribution in [0.1, 0.15) is 6.42 Å². The number of benzene rings is 1. The Morgan fingerprint density at radius 2 is 2.00 bits per heavy atom. The molecular weight excluding hydrogens is 303 g/mol. The third-order valence-electron chi connectivity index (χ3n) is 3.18. The summed E-state index contributed by atoms with van der Waals surface area (Å²) in [6.07, 6.45) is 0.222. The number of nitrogens with one attached hydrogen (secondary N) is 1. The Balaban J connectivity index is 2.11. The number of amides is 2. The Morgan fingerprint density at radius 3 is 2.45 bits per heavy atom. The maximum absolute atomic E-state index is 12.1. The van der Waals surface area contributed by atoms with E-state index in [0.717, 1.165) is 0 Å². The topological polar surface area (TPSA) is 58.6 Å². The highest BCUT2D eigenvalue weighted by Crippen LogP contribution is 2.35. The van der Waals surface area contributed by atoms with E-state index in [9.17, 15) is 9.59 Å². The monoisotopic (exact) mass is 316 g/mol. The van der Waals surface area contributed by atoms with Gasteiger partial charge >= 0.3 is 0 Å². The molecule has 1 heterocycles. The molecule has 0 aromatic heterocycles. The van der Waals surface area contributed by atoms with Crippen molar-refractivity contribution < 1.29 is 14.3 Å². The number of halogens is 2. The van der Waals surface area contributed by atoms with Gasteiger partial charge in [0, 0.05) is 25.7 Å². The van der Waals surface area contributed by atoms with Crippen molar-refractivity contribution in [3.05, 3.63) is 22.2 Å². The molecule has 0 saturated carbocycles. The molecule has 1 aliphatic rings. The number of ether oxygens (including phenoxy) is 1. The standard InChI is InChI=1S/C13H14Cl2N2O3/c1-17-6-7(3-11(17)18)13(19)16-8-4-9(14)12(20-2)10(15)5-8/h4-5,7H,3,6H2,1-2H3,(H,16,19). The number of carbonyl (C=O) groups is 2. The summed E-state index contributed by atoms with van der Waals surface area (Å²) in [5.74, 6) is -0.245. The Hall–Kier alpha value is -1.46. The molecule has 0 bridgehead atoms. The van der Waals surface area contributed by atoms with Crippen LogP contribution in [-0.2, 0) is 9.59 Å². The molecule has 1 unspecified atom stereocenters. The molecule has 0 aliphatic carbocycles. The maximum Gasteiger partial charge on any atom is 0.229 e. The normalized spacial score (nSPS) is 18.3. The molecular formula is C13H14Cl2N2O3. The lowest BCUT2D eigenvalue weighted by molar-refractivity contribution is -0.127. The summed E-state index contributed by atoms with van der Waals surface area (Å²) in [6, 6.07) is 3.12. The fraction of sp³-hybridized carbons (Fsp3) is 0.385. The Kier molecular flexibility index (Phi) is 4.40. The minimum atomic E-state index is -0.354. The second kappa shape index (κ2) is 5.89. The predicted octanol–water partition coefficient (Wildman–Crippen LogP) is 2.42. The van der Waals surface area contributed by atoms with E-state index < -0.39 is 0 Å². The third kappa shape index (κ3) is 2.99. The number of nitrogens with zero attached hydrogens (tertiary/aromatic N) is 1. The minimum Gasteiger partial charge on any atom is -0.494 e. The average molecular weight is 317 g/mol. The zero-order valence-electron chi connectivity index (χ0n) is 11.1. The van der Waals surface area contributed by atoms with Crippen LogP contribution in [0, 0.1) is 5.92 Å². The number of methoxy groups -OCH3 is 1. The maximum atomic E-state index is 12.1. The second-order valence-corrected chi connectivity index (χ2v) is 5.45. The zero-order valence-corrected chi connectivity index (χ0v) is 12.6. The van der Waals surface area contributed by atoms with Gasteiger partial charge in [-0.15, -0.1) is 0 Å². The van der Waals surface area contributed by atoms with Crippen LogP contribution in [-0.4, -0.2) is 37.4 Å².